The zero-order chi connectivity index (χ0) is 26.3. The molecule has 4 heteroatoms. The first kappa shape index (κ1) is 28.4. The molecule has 0 bridgehead atoms. The first-order valence-corrected chi connectivity index (χ1v) is 14.1. The number of aromatic nitrogens is 1. The maximum absolute atomic E-state index is 12.8. The number of carbonyl (C=O) groups excluding carboxylic acids is 1. The number of esters is 1. The maximum atomic E-state index is 12.8. The van der Waals surface area contributed by atoms with Crippen LogP contribution in [0.1, 0.15) is 106 Å². The Balaban J connectivity index is 1.53. The summed E-state index contributed by atoms with van der Waals surface area (Å²) < 4.78 is 11.7. The van der Waals surface area contributed by atoms with Gasteiger partial charge in [0.1, 0.15) is 17.5 Å². The number of pyridine rings is 1. The fraction of sp³-hybridized carbons (Fsp3) is 0.455. The van der Waals surface area contributed by atoms with Crippen LogP contribution in [0.2, 0.25) is 0 Å². The molecule has 1 unspecified atom stereocenters. The molecule has 1 atom stereocenters. The number of benzene rings is 2. The molecule has 0 saturated heterocycles. The van der Waals surface area contributed by atoms with Crippen LogP contribution in [0.5, 0.6) is 5.75 Å². The average molecular weight is 502 g/mol. The van der Waals surface area contributed by atoms with Crippen molar-refractivity contribution in [1.82, 2.24) is 4.98 Å². The van der Waals surface area contributed by atoms with Crippen molar-refractivity contribution in [2.24, 2.45) is 0 Å². The molecule has 0 aliphatic carbocycles. The Bertz CT molecular complexity index is 1040. The molecule has 2 aromatic carbocycles. The third kappa shape index (κ3) is 9.35. The number of hydrogen-bond donors (Lipinski definition) is 0. The van der Waals surface area contributed by atoms with Crippen LogP contribution < -0.4 is 4.74 Å². The molecule has 37 heavy (non-hydrogen) atoms. The van der Waals surface area contributed by atoms with Crippen LogP contribution in [0.25, 0.3) is 11.1 Å². The summed E-state index contributed by atoms with van der Waals surface area (Å²) >= 11 is 0. The predicted molar refractivity (Wildman–Crippen MR) is 152 cm³/mol. The van der Waals surface area contributed by atoms with Gasteiger partial charge < -0.3 is 9.47 Å². The Hall–Kier alpha value is -3.14. The standard InChI is InChI=1S/C33H43NO3/c1-4-7-9-10-11-13-26-14-23-31(34-25-26)33(35)37-32(6-3)29-17-15-27(16-18-29)28-19-21-30(22-20-28)36-24-12-8-5-2/h14-23,25,32H,4-13,24H2,1-3H3. The first-order chi connectivity index (χ1) is 18.1. The molecule has 3 rings (SSSR count). The number of hydrogen-bond acceptors (Lipinski definition) is 4. The van der Waals surface area contributed by atoms with Crippen molar-refractivity contribution < 1.29 is 14.3 Å². The van der Waals surface area contributed by atoms with Crippen molar-refractivity contribution in [2.45, 2.75) is 91.1 Å². The van der Waals surface area contributed by atoms with Gasteiger partial charge in [0.05, 0.1) is 6.61 Å². The van der Waals surface area contributed by atoms with Crippen molar-refractivity contribution in [3.63, 3.8) is 0 Å². The van der Waals surface area contributed by atoms with Gasteiger partial charge in [-0.1, -0.05) is 102 Å². The van der Waals surface area contributed by atoms with E-state index in [-0.39, 0.29) is 12.1 Å². The Morgan fingerprint density at radius 1 is 0.757 bits per heavy atom. The lowest BCUT2D eigenvalue weighted by Gasteiger charge is -2.17. The second kappa shape index (κ2) is 15.9. The highest BCUT2D eigenvalue weighted by molar-refractivity contribution is 5.87. The minimum atomic E-state index is -0.375. The maximum Gasteiger partial charge on any atom is 0.357 e. The third-order valence-electron chi connectivity index (χ3n) is 6.71. The van der Waals surface area contributed by atoms with Crippen LogP contribution in [0.15, 0.2) is 66.9 Å². The van der Waals surface area contributed by atoms with Crippen molar-refractivity contribution in [3.8, 4) is 16.9 Å². The van der Waals surface area contributed by atoms with Gasteiger partial charge in [0, 0.05) is 6.20 Å². The number of unbranched alkanes of at least 4 members (excludes halogenated alkanes) is 6. The molecule has 0 aliphatic heterocycles. The van der Waals surface area contributed by atoms with E-state index in [0.29, 0.717) is 12.1 Å². The Morgan fingerprint density at radius 2 is 1.41 bits per heavy atom. The first-order valence-electron chi connectivity index (χ1n) is 14.1. The van der Waals surface area contributed by atoms with Crippen molar-refractivity contribution >= 4 is 5.97 Å². The SMILES string of the molecule is CCCCCCCc1ccc(C(=O)OC(CC)c2ccc(-c3ccc(OCCCCC)cc3)cc2)nc1. The molecule has 3 aromatic rings. The predicted octanol–water partition coefficient (Wildman–Crippen LogP) is 9.14. The van der Waals surface area contributed by atoms with Gasteiger partial charge in [-0.2, -0.15) is 0 Å². The van der Waals surface area contributed by atoms with E-state index in [1.54, 1.807) is 6.07 Å². The molecule has 0 aliphatic rings. The van der Waals surface area contributed by atoms with Crippen LogP contribution in [0.3, 0.4) is 0 Å². The molecule has 1 aromatic heterocycles. The molecule has 0 amide bonds. The van der Waals surface area contributed by atoms with Gasteiger partial charge in [0.25, 0.3) is 0 Å². The topological polar surface area (TPSA) is 48.4 Å². The smallest absolute Gasteiger partial charge is 0.357 e. The number of nitrogens with zero attached hydrogens (tertiary/aromatic N) is 1. The lowest BCUT2D eigenvalue weighted by atomic mass is 10.0. The second-order valence-corrected chi connectivity index (χ2v) is 9.72. The number of rotatable bonds is 16. The highest BCUT2D eigenvalue weighted by Gasteiger charge is 2.17. The van der Waals surface area contributed by atoms with Crippen LogP contribution in [0, 0.1) is 0 Å². The minimum absolute atomic E-state index is 0.305. The highest BCUT2D eigenvalue weighted by Crippen LogP contribution is 2.27. The largest absolute Gasteiger partial charge is 0.494 e. The van der Waals surface area contributed by atoms with E-state index >= 15 is 0 Å². The molecule has 0 saturated carbocycles. The van der Waals surface area contributed by atoms with E-state index in [1.807, 2.05) is 43.5 Å². The fourth-order valence-electron chi connectivity index (χ4n) is 4.38. The number of aryl methyl sites for hydroxylation is 1. The summed E-state index contributed by atoms with van der Waals surface area (Å²) in [7, 11) is 0. The van der Waals surface area contributed by atoms with Gasteiger partial charge in [-0.25, -0.2) is 9.78 Å². The molecular formula is C33H43NO3. The molecule has 0 radical (unpaired) electrons. The van der Waals surface area contributed by atoms with Gasteiger partial charge >= 0.3 is 5.97 Å². The summed E-state index contributed by atoms with van der Waals surface area (Å²) in [6, 6.07) is 20.3. The normalized spacial score (nSPS) is 11.8. The van der Waals surface area contributed by atoms with E-state index in [2.05, 4.69) is 43.1 Å². The van der Waals surface area contributed by atoms with Crippen molar-refractivity contribution in [3.05, 3.63) is 83.7 Å². The lowest BCUT2D eigenvalue weighted by Crippen LogP contribution is -2.12. The molecule has 0 N–H and O–H groups in total. The summed E-state index contributed by atoms with van der Waals surface area (Å²) in [4.78, 5) is 17.1. The van der Waals surface area contributed by atoms with Crippen LogP contribution in [-0.2, 0) is 11.2 Å². The Labute approximate surface area is 223 Å². The monoisotopic (exact) mass is 501 g/mol. The molecule has 4 nitrogen and oxygen atoms in total. The van der Waals surface area contributed by atoms with E-state index in [9.17, 15) is 4.79 Å². The lowest BCUT2D eigenvalue weighted by molar-refractivity contribution is 0.0281. The van der Waals surface area contributed by atoms with E-state index < -0.39 is 0 Å². The van der Waals surface area contributed by atoms with Crippen molar-refractivity contribution in [1.29, 1.82) is 0 Å². The van der Waals surface area contributed by atoms with Gasteiger partial charge in [0.2, 0.25) is 0 Å². The van der Waals surface area contributed by atoms with Gasteiger partial charge in [-0.15, -0.1) is 0 Å². The van der Waals surface area contributed by atoms with Crippen LogP contribution in [0.4, 0.5) is 0 Å². The third-order valence-corrected chi connectivity index (χ3v) is 6.71. The van der Waals surface area contributed by atoms with Gasteiger partial charge in [-0.05, 0) is 66.1 Å². The zero-order valence-electron chi connectivity index (χ0n) is 22.9. The Morgan fingerprint density at radius 3 is 2.03 bits per heavy atom. The van der Waals surface area contributed by atoms with Crippen LogP contribution in [-0.4, -0.2) is 17.6 Å². The van der Waals surface area contributed by atoms with Gasteiger partial charge in [0.15, 0.2) is 0 Å². The molecule has 198 valence electrons. The van der Waals surface area contributed by atoms with Gasteiger partial charge in [-0.3, -0.25) is 0 Å². The van der Waals surface area contributed by atoms with E-state index in [4.69, 9.17) is 9.47 Å². The molecular weight excluding hydrogens is 458 g/mol. The quantitative estimate of drug-likeness (QED) is 0.145. The number of ether oxygens (including phenoxy) is 2. The van der Waals surface area contributed by atoms with Crippen molar-refractivity contribution in [2.75, 3.05) is 6.61 Å². The Kier molecular flexibility index (Phi) is 12.2. The zero-order valence-corrected chi connectivity index (χ0v) is 22.9. The highest BCUT2D eigenvalue weighted by atomic mass is 16.5. The summed E-state index contributed by atoms with van der Waals surface area (Å²) in [5.41, 5.74) is 4.77. The fourth-order valence-corrected chi connectivity index (χ4v) is 4.38. The summed E-state index contributed by atoms with van der Waals surface area (Å²) in [5, 5.41) is 0. The summed E-state index contributed by atoms with van der Waals surface area (Å²) in [6.07, 6.45) is 12.9. The summed E-state index contributed by atoms with van der Waals surface area (Å²) in [6.45, 7) is 7.21. The molecule has 0 fully saturated rings. The average Bonchev–Trinajstić information content (AvgIpc) is 2.94. The van der Waals surface area contributed by atoms with E-state index in [1.165, 1.54) is 44.1 Å². The van der Waals surface area contributed by atoms with E-state index in [0.717, 1.165) is 48.3 Å². The molecule has 1 heterocycles. The number of carbonyl (C=O) groups is 1. The summed E-state index contributed by atoms with van der Waals surface area (Å²) in [5.74, 6) is 0.531. The van der Waals surface area contributed by atoms with Crippen LogP contribution >= 0.6 is 0 Å². The molecule has 0 spiro atoms. The minimum Gasteiger partial charge on any atom is -0.494 e. The second-order valence-electron chi connectivity index (χ2n) is 9.72.